The SMILES string of the molecule is O=C1c2ccccc2C(=O)c2cc(S(=O)(=O)[O-])ccc21.O=C1c2ccccc2C(=O)c2cc(S(=O)(=O)[O-])ccc21.O=C1c2ccccc2C(=O)c2cc(S(=O)(=O)[O-])ccc21.[Fe+3]. The van der Waals surface area contributed by atoms with E-state index >= 15 is 0 Å². The van der Waals surface area contributed by atoms with E-state index in [0.29, 0.717) is 0 Å². The third kappa shape index (κ3) is 8.24. The molecule has 0 fully saturated rings. The van der Waals surface area contributed by atoms with Gasteiger partial charge in [0.25, 0.3) is 0 Å². The van der Waals surface area contributed by atoms with Crippen molar-refractivity contribution in [2.75, 3.05) is 0 Å². The quantitative estimate of drug-likeness (QED) is 0.178. The number of rotatable bonds is 3. The van der Waals surface area contributed by atoms with Crippen molar-refractivity contribution in [1.29, 1.82) is 0 Å². The number of carbonyl (C=O) groups is 6. The van der Waals surface area contributed by atoms with Crippen LogP contribution >= 0.6 is 0 Å². The van der Waals surface area contributed by atoms with Crippen LogP contribution in [-0.4, -0.2) is 73.6 Å². The van der Waals surface area contributed by atoms with Gasteiger partial charge in [-0.1, -0.05) is 72.8 Å². The molecule has 61 heavy (non-hydrogen) atoms. The predicted molar refractivity (Wildman–Crippen MR) is 203 cm³/mol. The Morgan fingerprint density at radius 1 is 0.262 bits per heavy atom. The monoisotopic (exact) mass is 917 g/mol. The largest absolute Gasteiger partial charge is 3.00 e. The molecule has 3 aliphatic carbocycles. The Hall–Kier alpha value is -6.41. The molecular formula is C42H21FeO15S3. The first-order valence-corrected chi connectivity index (χ1v) is 21.3. The summed E-state index contributed by atoms with van der Waals surface area (Å²) >= 11 is 0. The number of hydrogen-bond acceptors (Lipinski definition) is 15. The molecule has 0 N–H and O–H groups in total. The van der Waals surface area contributed by atoms with E-state index in [-0.39, 0.29) is 101 Å². The molecule has 9 rings (SSSR count). The van der Waals surface area contributed by atoms with Crippen LogP contribution in [0.5, 0.6) is 0 Å². The van der Waals surface area contributed by atoms with Crippen molar-refractivity contribution in [1.82, 2.24) is 0 Å². The van der Waals surface area contributed by atoms with E-state index in [9.17, 15) is 67.7 Å². The Balaban J connectivity index is 0.000000152. The van der Waals surface area contributed by atoms with Crippen molar-refractivity contribution in [2.24, 2.45) is 0 Å². The molecule has 15 nitrogen and oxygen atoms in total. The van der Waals surface area contributed by atoms with E-state index in [4.69, 9.17) is 0 Å². The Morgan fingerprint density at radius 2 is 0.426 bits per heavy atom. The maximum atomic E-state index is 12.3. The summed E-state index contributed by atoms with van der Waals surface area (Å²) in [5.41, 5.74) is 1.67. The average molecular weight is 918 g/mol. The first-order valence-electron chi connectivity index (χ1n) is 17.0. The van der Waals surface area contributed by atoms with E-state index in [1.807, 2.05) is 0 Å². The van der Waals surface area contributed by atoms with Gasteiger partial charge in [-0.15, -0.1) is 0 Å². The summed E-state index contributed by atoms with van der Waals surface area (Å²) in [6, 6.07) is 28.5. The molecule has 0 bridgehead atoms. The zero-order chi connectivity index (χ0) is 43.5. The summed E-state index contributed by atoms with van der Waals surface area (Å²) < 4.78 is 99.0. The molecule has 6 aromatic rings. The fourth-order valence-electron chi connectivity index (χ4n) is 6.70. The normalized spacial score (nSPS) is 13.6. The van der Waals surface area contributed by atoms with E-state index in [2.05, 4.69) is 0 Å². The van der Waals surface area contributed by atoms with Gasteiger partial charge >= 0.3 is 17.1 Å². The van der Waals surface area contributed by atoms with Crippen molar-refractivity contribution in [3.8, 4) is 0 Å². The summed E-state index contributed by atoms with van der Waals surface area (Å²) in [4.78, 5) is 72.0. The number of hydrogen-bond donors (Lipinski definition) is 0. The van der Waals surface area contributed by atoms with Crippen molar-refractivity contribution in [3.05, 3.63) is 194 Å². The standard InChI is InChI=1S/3C14H8O5S.Fe/c3*15-13-9-3-1-2-4-10(9)14(16)12-7-8(20(17,18)19)5-6-11(12)13;/h3*1-7H,(H,17,18,19);/q;;;+3/p-3. The molecule has 3 aliphatic rings. The average Bonchev–Trinajstić information content (AvgIpc) is 3.23. The first-order chi connectivity index (χ1) is 28.2. The van der Waals surface area contributed by atoms with E-state index in [0.717, 1.165) is 36.4 Å². The zero-order valence-corrected chi connectivity index (χ0v) is 33.9. The summed E-state index contributed by atoms with van der Waals surface area (Å²) in [6.07, 6.45) is 0. The van der Waals surface area contributed by atoms with Crippen LogP contribution in [0.15, 0.2) is 142 Å². The van der Waals surface area contributed by atoms with Gasteiger partial charge in [0.15, 0.2) is 34.7 Å². The molecule has 0 heterocycles. The van der Waals surface area contributed by atoms with Crippen LogP contribution in [0.25, 0.3) is 0 Å². The zero-order valence-electron chi connectivity index (χ0n) is 30.3. The summed E-state index contributed by atoms with van der Waals surface area (Å²) in [7, 11) is -14.0. The molecule has 0 aromatic heterocycles. The van der Waals surface area contributed by atoms with Crippen LogP contribution in [0.2, 0.25) is 0 Å². The van der Waals surface area contributed by atoms with E-state index < -0.39 is 62.4 Å². The maximum Gasteiger partial charge on any atom is 3.00 e. The summed E-state index contributed by atoms with van der Waals surface area (Å²) in [5, 5.41) is 0. The summed E-state index contributed by atoms with van der Waals surface area (Å²) in [6.45, 7) is 0. The molecule has 0 amide bonds. The van der Waals surface area contributed by atoms with Gasteiger partial charge in [0.2, 0.25) is 0 Å². The predicted octanol–water partition coefficient (Wildman–Crippen LogP) is 4.10. The summed E-state index contributed by atoms with van der Waals surface area (Å²) in [5.74, 6) is -2.44. The Labute approximate surface area is 356 Å². The van der Waals surface area contributed by atoms with Crippen molar-refractivity contribution in [3.63, 3.8) is 0 Å². The van der Waals surface area contributed by atoms with Gasteiger partial charge in [-0.2, -0.15) is 0 Å². The van der Waals surface area contributed by atoms with Crippen molar-refractivity contribution in [2.45, 2.75) is 14.7 Å². The fraction of sp³-hybridized carbons (Fsp3) is 0. The maximum absolute atomic E-state index is 12.3. The second kappa shape index (κ2) is 16.2. The molecule has 19 heteroatoms. The van der Waals surface area contributed by atoms with Gasteiger partial charge < -0.3 is 13.7 Å². The van der Waals surface area contributed by atoms with Crippen LogP contribution < -0.4 is 0 Å². The van der Waals surface area contributed by atoms with Crippen molar-refractivity contribution >= 4 is 65.1 Å². The fourth-order valence-corrected chi connectivity index (χ4v) is 8.19. The molecule has 1 radical (unpaired) electrons. The molecule has 0 saturated heterocycles. The van der Waals surface area contributed by atoms with Crippen LogP contribution in [0.4, 0.5) is 0 Å². The van der Waals surface area contributed by atoms with Gasteiger partial charge in [-0.25, -0.2) is 25.3 Å². The second-order valence-electron chi connectivity index (χ2n) is 13.1. The molecule has 305 valence electrons. The van der Waals surface area contributed by atoms with Gasteiger partial charge in [0.05, 0.1) is 14.7 Å². The number of carbonyl (C=O) groups excluding carboxylic acids is 6. The Bertz CT molecular complexity index is 2950. The first kappa shape index (κ1) is 44.1. The third-order valence-electron chi connectivity index (χ3n) is 9.56. The van der Waals surface area contributed by atoms with Gasteiger partial charge in [0, 0.05) is 66.8 Å². The Kier molecular flexibility index (Phi) is 11.7. The van der Waals surface area contributed by atoms with Crippen LogP contribution in [-0.2, 0) is 47.4 Å². The molecule has 0 saturated carbocycles. The minimum Gasteiger partial charge on any atom is -0.744 e. The molecule has 0 unspecified atom stereocenters. The molecule has 0 spiro atoms. The molecule has 0 atom stereocenters. The number of fused-ring (bicyclic) bond motifs is 6. The van der Waals surface area contributed by atoms with Gasteiger partial charge in [-0.3, -0.25) is 28.8 Å². The van der Waals surface area contributed by atoms with Gasteiger partial charge in [-0.05, 0) is 54.6 Å². The second-order valence-corrected chi connectivity index (χ2v) is 17.2. The van der Waals surface area contributed by atoms with Crippen molar-refractivity contribution < 1.29 is 84.7 Å². The minimum absolute atomic E-state index is 0. The van der Waals surface area contributed by atoms with E-state index in [1.165, 1.54) is 54.6 Å². The van der Waals surface area contributed by atoms with E-state index in [1.54, 1.807) is 36.4 Å². The Morgan fingerprint density at radius 3 is 0.607 bits per heavy atom. The van der Waals surface area contributed by atoms with Crippen LogP contribution in [0, 0.1) is 0 Å². The number of benzene rings is 6. The minimum atomic E-state index is -4.67. The molecule has 6 aromatic carbocycles. The van der Waals surface area contributed by atoms with Gasteiger partial charge in [0.1, 0.15) is 30.4 Å². The number of ketones is 6. The van der Waals surface area contributed by atoms with Crippen LogP contribution in [0.3, 0.4) is 0 Å². The smallest absolute Gasteiger partial charge is 0.744 e. The molecule has 0 aliphatic heterocycles. The third-order valence-corrected chi connectivity index (χ3v) is 12.0. The topological polar surface area (TPSA) is 274 Å². The molecular weight excluding hydrogens is 896 g/mol. The van der Waals surface area contributed by atoms with Crippen LogP contribution in [0.1, 0.15) is 95.5 Å².